The Morgan fingerprint density at radius 3 is 2.80 bits per heavy atom. The Labute approximate surface area is 141 Å². The topological polar surface area (TPSA) is 101 Å². The van der Waals surface area contributed by atoms with E-state index >= 15 is 0 Å². The molecule has 1 amide bonds. The highest BCUT2D eigenvalue weighted by Crippen LogP contribution is 2.20. The molecule has 2 aromatic heterocycles. The summed E-state index contributed by atoms with van der Waals surface area (Å²) in [7, 11) is 0. The van der Waals surface area contributed by atoms with Gasteiger partial charge in [-0.15, -0.1) is 10.2 Å². The number of rotatable bonds is 3. The van der Waals surface area contributed by atoms with Crippen molar-refractivity contribution in [2.45, 2.75) is 0 Å². The summed E-state index contributed by atoms with van der Waals surface area (Å²) in [6.45, 7) is 0. The van der Waals surface area contributed by atoms with Gasteiger partial charge in [-0.05, 0) is 35.7 Å². The molecule has 2 N–H and O–H groups in total. The molecule has 0 aliphatic rings. The summed E-state index contributed by atoms with van der Waals surface area (Å²) in [5.74, 6) is -0.0549. The second-order valence-corrected chi connectivity index (χ2v) is 5.38. The molecule has 0 radical (unpaired) electrons. The molecule has 0 fully saturated rings. The standard InChI is InChI=1S/C18H12N4O3/c23-16-14-7-2-1-4-11(14)9-15(21-16)17(24)20-13-6-3-5-12(8-13)18-22-19-10-25-18/h1-10H,(H,20,24)(H,21,23). The van der Waals surface area contributed by atoms with E-state index in [9.17, 15) is 9.59 Å². The van der Waals surface area contributed by atoms with E-state index in [1.807, 2.05) is 6.07 Å². The Bertz CT molecular complexity index is 1120. The molecule has 122 valence electrons. The molecule has 0 unspecified atom stereocenters. The molecule has 25 heavy (non-hydrogen) atoms. The third-order valence-electron chi connectivity index (χ3n) is 3.73. The van der Waals surface area contributed by atoms with Gasteiger partial charge in [0, 0.05) is 16.6 Å². The van der Waals surface area contributed by atoms with E-state index in [4.69, 9.17) is 4.42 Å². The largest absolute Gasteiger partial charge is 0.423 e. The zero-order valence-electron chi connectivity index (χ0n) is 12.9. The molecule has 7 heteroatoms. The summed E-state index contributed by atoms with van der Waals surface area (Å²) in [6, 6.07) is 15.7. The fourth-order valence-corrected chi connectivity index (χ4v) is 2.56. The predicted octanol–water partition coefficient (Wildman–Crippen LogP) is 2.83. The average molecular weight is 332 g/mol. The Morgan fingerprint density at radius 1 is 1.08 bits per heavy atom. The lowest BCUT2D eigenvalue weighted by Crippen LogP contribution is -2.18. The Morgan fingerprint density at radius 2 is 1.96 bits per heavy atom. The van der Waals surface area contributed by atoms with Crippen LogP contribution >= 0.6 is 0 Å². The molecular formula is C18H12N4O3. The maximum Gasteiger partial charge on any atom is 0.272 e. The van der Waals surface area contributed by atoms with Crippen LogP contribution in [0, 0.1) is 0 Å². The van der Waals surface area contributed by atoms with Gasteiger partial charge in [0.25, 0.3) is 11.5 Å². The fraction of sp³-hybridized carbons (Fsp3) is 0. The van der Waals surface area contributed by atoms with E-state index in [0.717, 1.165) is 0 Å². The maximum absolute atomic E-state index is 12.5. The molecule has 0 aliphatic heterocycles. The van der Waals surface area contributed by atoms with Gasteiger partial charge in [0.15, 0.2) is 0 Å². The van der Waals surface area contributed by atoms with Crippen LogP contribution in [0.4, 0.5) is 5.69 Å². The van der Waals surface area contributed by atoms with Gasteiger partial charge >= 0.3 is 0 Å². The first-order chi connectivity index (χ1) is 12.2. The molecule has 7 nitrogen and oxygen atoms in total. The monoisotopic (exact) mass is 332 g/mol. The van der Waals surface area contributed by atoms with Crippen molar-refractivity contribution in [2.24, 2.45) is 0 Å². The summed E-state index contributed by atoms with van der Waals surface area (Å²) in [5, 5.41) is 11.5. The first-order valence-corrected chi connectivity index (χ1v) is 7.51. The molecule has 2 aromatic carbocycles. The smallest absolute Gasteiger partial charge is 0.272 e. The Hall–Kier alpha value is -3.74. The molecule has 0 aliphatic carbocycles. The number of nitrogens with one attached hydrogen (secondary N) is 2. The lowest BCUT2D eigenvalue weighted by Gasteiger charge is -2.07. The molecule has 2 heterocycles. The summed E-state index contributed by atoms with van der Waals surface area (Å²) in [4.78, 5) is 27.2. The number of pyridine rings is 1. The van der Waals surface area contributed by atoms with Gasteiger partial charge in [-0.2, -0.15) is 0 Å². The van der Waals surface area contributed by atoms with Crippen LogP contribution in [0.2, 0.25) is 0 Å². The summed E-state index contributed by atoms with van der Waals surface area (Å²) < 4.78 is 5.15. The van der Waals surface area contributed by atoms with Crippen molar-refractivity contribution in [3.63, 3.8) is 0 Å². The van der Waals surface area contributed by atoms with E-state index in [1.54, 1.807) is 48.5 Å². The number of anilines is 1. The van der Waals surface area contributed by atoms with Crippen LogP contribution < -0.4 is 10.9 Å². The fourth-order valence-electron chi connectivity index (χ4n) is 2.56. The van der Waals surface area contributed by atoms with Crippen LogP contribution in [0.3, 0.4) is 0 Å². The lowest BCUT2D eigenvalue weighted by molar-refractivity contribution is 0.102. The minimum absolute atomic E-state index is 0.187. The zero-order chi connectivity index (χ0) is 17.2. The third kappa shape index (κ3) is 2.90. The highest BCUT2D eigenvalue weighted by molar-refractivity contribution is 6.04. The van der Waals surface area contributed by atoms with Gasteiger partial charge in [0.05, 0.1) is 0 Å². The van der Waals surface area contributed by atoms with Gasteiger partial charge in [-0.3, -0.25) is 9.59 Å². The summed E-state index contributed by atoms with van der Waals surface area (Å²) >= 11 is 0. The van der Waals surface area contributed by atoms with E-state index in [-0.39, 0.29) is 11.3 Å². The van der Waals surface area contributed by atoms with E-state index in [1.165, 1.54) is 6.39 Å². The highest BCUT2D eigenvalue weighted by Gasteiger charge is 2.11. The van der Waals surface area contributed by atoms with Crippen LogP contribution in [0.15, 0.2) is 70.2 Å². The number of carbonyl (C=O) groups excluding carboxylic acids is 1. The number of amides is 1. The van der Waals surface area contributed by atoms with Crippen LogP contribution in [0.5, 0.6) is 0 Å². The van der Waals surface area contributed by atoms with Crippen molar-refractivity contribution in [1.82, 2.24) is 15.2 Å². The van der Waals surface area contributed by atoms with Crippen LogP contribution in [-0.2, 0) is 0 Å². The molecule has 4 rings (SSSR count). The second-order valence-electron chi connectivity index (χ2n) is 5.38. The van der Waals surface area contributed by atoms with Crippen molar-refractivity contribution in [3.8, 4) is 11.5 Å². The van der Waals surface area contributed by atoms with Gasteiger partial charge < -0.3 is 14.7 Å². The SMILES string of the molecule is O=C(Nc1cccc(-c2nnco2)c1)c1cc2ccccc2c(=O)[nH]1. The molecule has 0 saturated carbocycles. The Kier molecular flexibility index (Phi) is 3.59. The van der Waals surface area contributed by atoms with Crippen molar-refractivity contribution >= 4 is 22.4 Å². The summed E-state index contributed by atoms with van der Waals surface area (Å²) in [5.41, 5.74) is 1.12. The number of hydrogen-bond acceptors (Lipinski definition) is 5. The van der Waals surface area contributed by atoms with E-state index < -0.39 is 5.91 Å². The second kappa shape index (κ2) is 6.04. The highest BCUT2D eigenvalue weighted by atomic mass is 16.4. The zero-order valence-corrected chi connectivity index (χ0v) is 12.9. The minimum atomic E-state index is -0.412. The quantitative estimate of drug-likeness (QED) is 0.601. The number of nitrogens with zero attached hydrogens (tertiary/aromatic N) is 2. The number of aromatic amines is 1. The maximum atomic E-state index is 12.5. The lowest BCUT2D eigenvalue weighted by atomic mass is 10.1. The van der Waals surface area contributed by atoms with E-state index in [2.05, 4.69) is 20.5 Å². The van der Waals surface area contributed by atoms with Gasteiger partial charge in [-0.25, -0.2) is 0 Å². The normalized spacial score (nSPS) is 10.7. The number of carbonyl (C=O) groups is 1. The van der Waals surface area contributed by atoms with Crippen molar-refractivity contribution < 1.29 is 9.21 Å². The molecule has 0 bridgehead atoms. The van der Waals surface area contributed by atoms with Gasteiger partial charge in [-0.1, -0.05) is 24.3 Å². The summed E-state index contributed by atoms with van der Waals surface area (Å²) in [6.07, 6.45) is 1.24. The number of aromatic nitrogens is 3. The molecule has 0 atom stereocenters. The van der Waals surface area contributed by atoms with Crippen molar-refractivity contribution in [3.05, 3.63) is 77.0 Å². The molecule has 0 spiro atoms. The number of fused-ring (bicyclic) bond motifs is 1. The van der Waals surface area contributed by atoms with Gasteiger partial charge in [0.2, 0.25) is 12.3 Å². The van der Waals surface area contributed by atoms with Crippen LogP contribution in [0.25, 0.3) is 22.2 Å². The van der Waals surface area contributed by atoms with Crippen molar-refractivity contribution in [1.29, 1.82) is 0 Å². The first kappa shape index (κ1) is 14.8. The number of hydrogen-bond donors (Lipinski definition) is 2. The van der Waals surface area contributed by atoms with Crippen LogP contribution in [-0.4, -0.2) is 21.1 Å². The molecular weight excluding hydrogens is 320 g/mol. The number of benzene rings is 2. The van der Waals surface area contributed by atoms with Gasteiger partial charge in [0.1, 0.15) is 5.69 Å². The molecule has 4 aromatic rings. The van der Waals surface area contributed by atoms with Crippen LogP contribution in [0.1, 0.15) is 10.5 Å². The predicted molar refractivity (Wildman–Crippen MR) is 92.3 cm³/mol. The molecule has 0 saturated heterocycles. The minimum Gasteiger partial charge on any atom is -0.423 e. The first-order valence-electron chi connectivity index (χ1n) is 7.51. The van der Waals surface area contributed by atoms with E-state index in [0.29, 0.717) is 27.9 Å². The third-order valence-corrected chi connectivity index (χ3v) is 3.73. The average Bonchev–Trinajstić information content (AvgIpc) is 3.17. The Balaban J connectivity index is 1.64. The number of H-pyrrole nitrogens is 1. The van der Waals surface area contributed by atoms with Crippen molar-refractivity contribution in [2.75, 3.05) is 5.32 Å².